The van der Waals surface area contributed by atoms with Crippen LogP contribution in [0, 0.1) is 23.0 Å². The molecular formula is C35H37F2N5O5. The first-order valence-electron chi connectivity index (χ1n) is 15.6. The van der Waals surface area contributed by atoms with Gasteiger partial charge in [0, 0.05) is 62.1 Å². The van der Waals surface area contributed by atoms with Gasteiger partial charge in [-0.15, -0.1) is 0 Å². The maximum atomic E-state index is 15.7. The highest BCUT2D eigenvalue weighted by Gasteiger charge is 2.64. The highest BCUT2D eigenvalue weighted by molar-refractivity contribution is 6.17. The molecule has 1 aromatic heterocycles. The lowest BCUT2D eigenvalue weighted by Crippen LogP contribution is -2.43. The van der Waals surface area contributed by atoms with Gasteiger partial charge >= 0.3 is 0 Å². The molecule has 0 bridgehead atoms. The van der Waals surface area contributed by atoms with Crippen LogP contribution in [0.4, 0.5) is 20.2 Å². The summed E-state index contributed by atoms with van der Waals surface area (Å²) in [5, 5.41) is 3.93. The first-order valence-corrected chi connectivity index (χ1v) is 15.6. The van der Waals surface area contributed by atoms with Crippen LogP contribution in [0.2, 0.25) is 0 Å². The van der Waals surface area contributed by atoms with Gasteiger partial charge in [-0.2, -0.15) is 0 Å². The zero-order chi connectivity index (χ0) is 33.1. The van der Waals surface area contributed by atoms with E-state index in [0.29, 0.717) is 34.8 Å². The Morgan fingerprint density at radius 3 is 2.38 bits per heavy atom. The molecule has 2 heterocycles. The molecule has 1 aliphatic heterocycles. The van der Waals surface area contributed by atoms with Crippen molar-refractivity contribution in [2.45, 2.75) is 19.8 Å². The second-order valence-electron chi connectivity index (χ2n) is 11.9. The van der Waals surface area contributed by atoms with Gasteiger partial charge in [-0.05, 0) is 67.3 Å². The van der Waals surface area contributed by atoms with E-state index in [1.54, 1.807) is 38.4 Å². The maximum absolute atomic E-state index is 15.7. The molecule has 0 radical (unpaired) electrons. The number of primary amides is 1. The van der Waals surface area contributed by atoms with Crippen LogP contribution < -0.4 is 30.2 Å². The van der Waals surface area contributed by atoms with Crippen LogP contribution in [0.15, 0.2) is 66.9 Å². The Kier molecular flexibility index (Phi) is 9.24. The monoisotopic (exact) mass is 645 g/mol. The van der Waals surface area contributed by atoms with Crippen molar-refractivity contribution in [2.75, 3.05) is 51.3 Å². The summed E-state index contributed by atoms with van der Waals surface area (Å²) in [5.74, 6) is -1.67. The third-order valence-corrected chi connectivity index (χ3v) is 8.88. The van der Waals surface area contributed by atoms with Crippen LogP contribution in [0.1, 0.15) is 19.8 Å². The second kappa shape index (κ2) is 13.5. The lowest BCUT2D eigenvalue weighted by molar-refractivity contribution is -0.134. The Morgan fingerprint density at radius 2 is 1.72 bits per heavy atom. The summed E-state index contributed by atoms with van der Waals surface area (Å²) in [5.41, 5.74) is 5.19. The Balaban J connectivity index is 1.24. The normalized spacial score (nSPS) is 19.3. The van der Waals surface area contributed by atoms with Crippen LogP contribution in [0.25, 0.3) is 10.9 Å². The Bertz CT molecular complexity index is 1780. The predicted octanol–water partition coefficient (Wildman–Crippen LogP) is 5.16. The van der Waals surface area contributed by atoms with Crippen molar-refractivity contribution >= 4 is 34.1 Å². The van der Waals surface area contributed by atoms with Gasteiger partial charge in [0.1, 0.15) is 17.0 Å². The van der Waals surface area contributed by atoms with Crippen molar-refractivity contribution < 1.29 is 32.6 Å². The highest BCUT2D eigenvalue weighted by atomic mass is 19.1. The first-order chi connectivity index (χ1) is 22.7. The Labute approximate surface area is 271 Å². The quantitative estimate of drug-likeness (QED) is 0.160. The van der Waals surface area contributed by atoms with Crippen molar-refractivity contribution in [3.63, 3.8) is 0 Å². The largest absolute Gasteiger partial charge is 0.493 e. The number of fused-ring (bicyclic) bond motifs is 1. The average Bonchev–Trinajstić information content (AvgIpc) is 3.77. The number of aromatic nitrogens is 1. The summed E-state index contributed by atoms with van der Waals surface area (Å²) in [6.45, 7) is 7.24. The summed E-state index contributed by atoms with van der Waals surface area (Å²) in [6.07, 6.45) is 2.68. The molecule has 10 nitrogen and oxygen atoms in total. The lowest BCUT2D eigenvalue weighted by atomic mass is 10.00. The standard InChI is InChI=1S/C35H37F2N5O5/c1-22-21-35(22,33(38)43)34(44)42(24-6-4-23(36)5-7-24)25-8-9-30(27(37)18-25)47-29-10-11-40-28-20-32(31(45-2)19-26(28)29)46-17-3-14-41-15-12-39-13-16-41/h4-11,18-20,22,39H,3,12-17,21H2,1-2H3,(H2,38,43)/t22-,35-/m1/s1. The number of benzene rings is 3. The van der Waals surface area contributed by atoms with Gasteiger partial charge in [-0.3, -0.25) is 19.5 Å². The van der Waals surface area contributed by atoms with Gasteiger partial charge in [0.05, 0.1) is 24.9 Å². The highest BCUT2D eigenvalue weighted by Crippen LogP contribution is 2.54. The number of anilines is 2. The number of rotatable bonds is 12. The lowest BCUT2D eigenvalue weighted by Gasteiger charge is -2.27. The van der Waals surface area contributed by atoms with Gasteiger partial charge in [0.25, 0.3) is 0 Å². The van der Waals surface area contributed by atoms with Crippen LogP contribution >= 0.6 is 0 Å². The molecule has 2 aliphatic rings. The third-order valence-electron chi connectivity index (χ3n) is 8.88. The number of hydrogen-bond acceptors (Lipinski definition) is 8. The van der Waals surface area contributed by atoms with Crippen LogP contribution in [-0.2, 0) is 9.59 Å². The van der Waals surface area contributed by atoms with Gasteiger partial charge in [0.2, 0.25) is 11.8 Å². The molecule has 3 N–H and O–H groups in total. The number of pyridine rings is 1. The molecule has 47 heavy (non-hydrogen) atoms. The SMILES string of the molecule is COc1cc2c(Oc3ccc(N(C(=O)[C@]4(C(N)=O)C[C@H]4C)c4ccc(F)cc4)cc3F)ccnc2cc1OCCCN1CCNCC1. The van der Waals surface area contributed by atoms with Crippen molar-refractivity contribution in [3.8, 4) is 23.0 Å². The fourth-order valence-corrected chi connectivity index (χ4v) is 6.07. The number of methoxy groups -OCH3 is 1. The van der Waals surface area contributed by atoms with E-state index in [9.17, 15) is 14.0 Å². The zero-order valence-corrected chi connectivity index (χ0v) is 26.3. The molecule has 2 amide bonds. The number of piperazine rings is 1. The summed E-state index contributed by atoms with van der Waals surface area (Å²) in [6, 6.07) is 14.3. The van der Waals surface area contributed by atoms with E-state index in [-0.39, 0.29) is 29.5 Å². The molecule has 246 valence electrons. The van der Waals surface area contributed by atoms with Gasteiger partial charge in [0.15, 0.2) is 23.1 Å². The Morgan fingerprint density at radius 1 is 1.00 bits per heavy atom. The number of carbonyl (C=O) groups excluding carboxylic acids is 2. The zero-order valence-electron chi connectivity index (χ0n) is 26.3. The van der Waals surface area contributed by atoms with E-state index >= 15 is 4.39 Å². The van der Waals surface area contributed by atoms with Gasteiger partial charge < -0.3 is 30.2 Å². The van der Waals surface area contributed by atoms with E-state index in [2.05, 4.69) is 15.2 Å². The fraction of sp³-hybridized carbons (Fsp3) is 0.343. The number of amides is 2. The summed E-state index contributed by atoms with van der Waals surface area (Å²) >= 11 is 0. The first kappa shape index (κ1) is 32.1. The smallest absolute Gasteiger partial charge is 0.247 e. The second-order valence-corrected chi connectivity index (χ2v) is 11.9. The molecule has 1 saturated carbocycles. The number of hydrogen-bond donors (Lipinski definition) is 2. The van der Waals surface area contributed by atoms with E-state index in [0.717, 1.165) is 45.2 Å². The molecule has 0 spiro atoms. The predicted molar refractivity (Wildman–Crippen MR) is 173 cm³/mol. The molecule has 2 atom stereocenters. The minimum atomic E-state index is -1.43. The summed E-state index contributed by atoms with van der Waals surface area (Å²) in [7, 11) is 1.54. The number of nitrogens with zero attached hydrogens (tertiary/aromatic N) is 3. The molecule has 12 heteroatoms. The van der Waals surface area contributed by atoms with E-state index in [4.69, 9.17) is 19.9 Å². The molecule has 1 aliphatic carbocycles. The molecule has 6 rings (SSSR count). The third kappa shape index (κ3) is 6.56. The van der Waals surface area contributed by atoms with Crippen LogP contribution in [0.5, 0.6) is 23.0 Å². The number of ether oxygens (including phenoxy) is 3. The number of halogens is 2. The molecule has 4 aromatic rings. The molecule has 1 saturated heterocycles. The maximum Gasteiger partial charge on any atom is 0.247 e. The van der Waals surface area contributed by atoms with E-state index < -0.39 is 28.9 Å². The van der Waals surface area contributed by atoms with Gasteiger partial charge in [-0.1, -0.05) is 6.92 Å². The molecule has 0 unspecified atom stereocenters. The van der Waals surface area contributed by atoms with Gasteiger partial charge in [-0.25, -0.2) is 8.78 Å². The van der Waals surface area contributed by atoms with Crippen molar-refractivity contribution in [1.82, 2.24) is 15.2 Å². The average molecular weight is 646 g/mol. The number of carbonyl (C=O) groups is 2. The van der Waals surface area contributed by atoms with Crippen LogP contribution in [0.3, 0.4) is 0 Å². The summed E-state index contributed by atoms with van der Waals surface area (Å²) in [4.78, 5) is 34.2. The molecule has 2 fully saturated rings. The van der Waals surface area contributed by atoms with E-state index in [1.165, 1.54) is 41.3 Å². The molecule has 3 aromatic carbocycles. The number of nitrogens with one attached hydrogen (secondary N) is 1. The Hall–Kier alpha value is -4.81. The minimum absolute atomic E-state index is 0.107. The van der Waals surface area contributed by atoms with Crippen molar-refractivity contribution in [2.24, 2.45) is 17.1 Å². The van der Waals surface area contributed by atoms with Crippen LogP contribution in [-0.4, -0.2) is 68.1 Å². The molecular weight excluding hydrogens is 608 g/mol. The summed E-state index contributed by atoms with van der Waals surface area (Å²) < 4.78 is 47.2. The van der Waals surface area contributed by atoms with E-state index in [1.807, 2.05) is 0 Å². The van der Waals surface area contributed by atoms with Crippen molar-refractivity contribution in [3.05, 3.63) is 78.5 Å². The van der Waals surface area contributed by atoms with Crippen molar-refractivity contribution in [1.29, 1.82) is 0 Å². The number of nitrogens with two attached hydrogens (primary N) is 1. The minimum Gasteiger partial charge on any atom is -0.493 e. The fourth-order valence-electron chi connectivity index (χ4n) is 6.07. The topological polar surface area (TPSA) is 119 Å².